The summed E-state index contributed by atoms with van der Waals surface area (Å²) >= 11 is 3.38. The van der Waals surface area contributed by atoms with E-state index >= 15 is 0 Å². The van der Waals surface area contributed by atoms with Crippen molar-refractivity contribution in [3.63, 3.8) is 0 Å². The molecule has 0 unspecified atom stereocenters. The van der Waals surface area contributed by atoms with Crippen LogP contribution in [0.5, 0.6) is 0 Å². The molecule has 6 nitrogen and oxygen atoms in total. The van der Waals surface area contributed by atoms with E-state index < -0.39 is 15.9 Å². The Hall–Kier alpha value is -2.81. The van der Waals surface area contributed by atoms with Crippen LogP contribution in [-0.4, -0.2) is 31.4 Å². The van der Waals surface area contributed by atoms with Crippen molar-refractivity contribution < 1.29 is 13.2 Å². The second-order valence-electron chi connectivity index (χ2n) is 7.60. The minimum atomic E-state index is -3.90. The van der Waals surface area contributed by atoms with Crippen molar-refractivity contribution in [1.82, 2.24) is 9.73 Å². The fourth-order valence-electron chi connectivity index (χ4n) is 3.09. The first-order chi connectivity index (χ1) is 15.8. The number of amides is 1. The van der Waals surface area contributed by atoms with E-state index in [1.54, 1.807) is 24.3 Å². The number of halogens is 1. The molecule has 0 radical (unpaired) electrons. The molecule has 0 aromatic heterocycles. The van der Waals surface area contributed by atoms with Crippen LogP contribution >= 0.6 is 15.9 Å². The van der Waals surface area contributed by atoms with E-state index in [2.05, 4.69) is 33.4 Å². The number of nitrogens with zero attached hydrogens (tertiary/aromatic N) is 2. The third kappa shape index (κ3) is 7.08. The Labute approximate surface area is 203 Å². The Morgan fingerprint density at radius 3 is 2.18 bits per heavy atom. The molecule has 0 aliphatic carbocycles. The molecule has 1 amide bonds. The Kier molecular flexibility index (Phi) is 8.55. The fourth-order valence-corrected chi connectivity index (χ4v) is 4.74. The summed E-state index contributed by atoms with van der Waals surface area (Å²) in [4.78, 5) is 12.7. The van der Waals surface area contributed by atoms with Gasteiger partial charge in [-0.1, -0.05) is 76.9 Å². The second-order valence-corrected chi connectivity index (χ2v) is 10.5. The highest BCUT2D eigenvalue weighted by molar-refractivity contribution is 9.10. The van der Waals surface area contributed by atoms with E-state index in [1.165, 1.54) is 11.8 Å². The van der Waals surface area contributed by atoms with Crippen LogP contribution in [0.1, 0.15) is 29.2 Å². The lowest BCUT2D eigenvalue weighted by Crippen LogP contribution is -2.39. The van der Waals surface area contributed by atoms with E-state index in [9.17, 15) is 13.2 Å². The first kappa shape index (κ1) is 24.8. The maximum atomic E-state index is 13.3. The van der Waals surface area contributed by atoms with E-state index in [0.717, 1.165) is 31.9 Å². The summed E-state index contributed by atoms with van der Waals surface area (Å²) in [6, 6.07) is 21.7. The van der Waals surface area contributed by atoms with Gasteiger partial charge in [0.05, 0.1) is 17.7 Å². The number of hydrazone groups is 1. The third-order valence-corrected chi connectivity index (χ3v) is 7.38. The zero-order valence-corrected chi connectivity index (χ0v) is 20.9. The smallest absolute Gasteiger partial charge is 0.255 e. The van der Waals surface area contributed by atoms with Crippen LogP contribution in [0, 0.1) is 6.92 Å². The van der Waals surface area contributed by atoms with Gasteiger partial charge in [-0.15, -0.1) is 0 Å². The number of rotatable bonds is 9. The van der Waals surface area contributed by atoms with Gasteiger partial charge in [-0.3, -0.25) is 4.79 Å². The van der Waals surface area contributed by atoms with Gasteiger partial charge >= 0.3 is 0 Å². The van der Waals surface area contributed by atoms with Gasteiger partial charge in [0.1, 0.15) is 0 Å². The summed E-state index contributed by atoms with van der Waals surface area (Å²) in [6.45, 7) is 3.66. The van der Waals surface area contributed by atoms with Crippen LogP contribution < -0.4 is 5.43 Å². The van der Waals surface area contributed by atoms with Crippen molar-refractivity contribution in [1.29, 1.82) is 0 Å². The van der Waals surface area contributed by atoms with Crippen LogP contribution in [-0.2, 0) is 27.8 Å². The molecule has 0 aliphatic heterocycles. The van der Waals surface area contributed by atoms with Gasteiger partial charge in [-0.2, -0.15) is 9.41 Å². The first-order valence-corrected chi connectivity index (χ1v) is 12.7. The van der Waals surface area contributed by atoms with Crippen LogP contribution in [0.3, 0.4) is 0 Å². The van der Waals surface area contributed by atoms with Crippen molar-refractivity contribution in [2.24, 2.45) is 5.10 Å². The van der Waals surface area contributed by atoms with Crippen LogP contribution in [0.4, 0.5) is 0 Å². The van der Waals surface area contributed by atoms with E-state index in [0.29, 0.717) is 0 Å². The van der Waals surface area contributed by atoms with E-state index in [1.807, 2.05) is 55.5 Å². The molecule has 0 aliphatic rings. The van der Waals surface area contributed by atoms with E-state index in [-0.39, 0.29) is 18.0 Å². The normalized spacial score (nSPS) is 11.8. The lowest BCUT2D eigenvalue weighted by molar-refractivity contribution is -0.121. The van der Waals surface area contributed by atoms with Crippen molar-refractivity contribution in [2.75, 3.05) is 6.54 Å². The highest BCUT2D eigenvalue weighted by atomic mass is 79.9. The molecule has 1 N–H and O–H groups in total. The van der Waals surface area contributed by atoms with Gasteiger partial charge in [0.25, 0.3) is 5.91 Å². The van der Waals surface area contributed by atoms with Gasteiger partial charge in [0, 0.05) is 11.0 Å². The van der Waals surface area contributed by atoms with Crippen molar-refractivity contribution in [3.05, 3.63) is 99.5 Å². The number of carbonyl (C=O) groups is 1. The molecule has 0 fully saturated rings. The molecular weight excluding hydrogens is 502 g/mol. The minimum absolute atomic E-state index is 0.0547. The summed E-state index contributed by atoms with van der Waals surface area (Å²) in [7, 11) is -3.90. The fraction of sp³-hybridized carbons (Fsp3) is 0.200. The molecule has 3 aromatic rings. The largest absolute Gasteiger partial charge is 0.272 e. The Morgan fingerprint density at radius 2 is 1.58 bits per heavy atom. The maximum absolute atomic E-state index is 13.3. The van der Waals surface area contributed by atoms with Crippen molar-refractivity contribution in [2.45, 2.75) is 31.7 Å². The zero-order valence-electron chi connectivity index (χ0n) is 18.5. The summed E-state index contributed by atoms with van der Waals surface area (Å²) in [5.74, 6) is -0.524. The predicted octanol–water partition coefficient (Wildman–Crippen LogP) is 4.66. The minimum Gasteiger partial charge on any atom is -0.272 e. The van der Waals surface area contributed by atoms with E-state index in [4.69, 9.17) is 0 Å². The monoisotopic (exact) mass is 527 g/mol. The Morgan fingerprint density at radius 1 is 0.970 bits per heavy atom. The molecule has 0 spiro atoms. The number of benzene rings is 3. The van der Waals surface area contributed by atoms with Crippen LogP contribution in [0.15, 0.2) is 87.3 Å². The first-order valence-electron chi connectivity index (χ1n) is 10.5. The van der Waals surface area contributed by atoms with Gasteiger partial charge in [-0.05, 0) is 54.3 Å². The molecule has 172 valence electrons. The number of sulfonamides is 1. The lowest BCUT2D eigenvalue weighted by Gasteiger charge is -2.21. The highest BCUT2D eigenvalue weighted by Crippen LogP contribution is 2.20. The summed E-state index contributed by atoms with van der Waals surface area (Å²) < 4.78 is 28.7. The summed E-state index contributed by atoms with van der Waals surface area (Å²) in [5, 5.41) is 3.98. The third-order valence-electron chi connectivity index (χ3n) is 5.04. The van der Waals surface area contributed by atoms with Gasteiger partial charge < -0.3 is 0 Å². The van der Waals surface area contributed by atoms with Crippen LogP contribution in [0.25, 0.3) is 0 Å². The SMILES string of the molecule is CCc1ccc(/C=N\NC(=O)CN(Cc2ccc(Br)cc2)S(=O)(=O)c2ccc(C)cc2)cc1. The molecule has 3 rings (SSSR count). The molecule has 0 heterocycles. The Bertz CT molecular complexity index is 1210. The predicted molar refractivity (Wildman–Crippen MR) is 134 cm³/mol. The molecule has 0 bridgehead atoms. The quantitative estimate of drug-likeness (QED) is 0.324. The second kappa shape index (κ2) is 11.4. The van der Waals surface area contributed by atoms with Gasteiger partial charge in [0.15, 0.2) is 0 Å². The summed E-state index contributed by atoms with van der Waals surface area (Å²) in [5.41, 5.74) is 6.20. The maximum Gasteiger partial charge on any atom is 0.255 e. The topological polar surface area (TPSA) is 78.8 Å². The molecule has 0 saturated heterocycles. The number of hydrogen-bond donors (Lipinski definition) is 1. The van der Waals surface area contributed by atoms with Crippen molar-refractivity contribution in [3.8, 4) is 0 Å². The number of nitrogens with one attached hydrogen (secondary N) is 1. The van der Waals surface area contributed by atoms with Crippen molar-refractivity contribution >= 4 is 38.1 Å². The lowest BCUT2D eigenvalue weighted by atomic mass is 10.1. The summed E-state index contributed by atoms with van der Waals surface area (Å²) in [6.07, 6.45) is 2.47. The highest BCUT2D eigenvalue weighted by Gasteiger charge is 2.27. The average molecular weight is 528 g/mol. The molecule has 8 heteroatoms. The number of carbonyl (C=O) groups excluding carboxylic acids is 1. The molecule has 3 aromatic carbocycles. The standard InChI is InChI=1S/C25H26BrN3O3S/c1-3-20-6-8-21(9-7-20)16-27-28-25(30)18-29(17-22-10-12-23(26)13-11-22)33(31,32)24-14-4-19(2)5-15-24/h4-16H,3,17-18H2,1-2H3,(H,28,30)/b27-16-. The number of aryl methyl sites for hydroxylation is 2. The molecule has 0 saturated carbocycles. The molecule has 0 atom stereocenters. The zero-order chi connectivity index (χ0) is 23.8. The van der Waals surface area contributed by atoms with Crippen LogP contribution in [0.2, 0.25) is 0 Å². The number of hydrogen-bond acceptors (Lipinski definition) is 4. The van der Waals surface area contributed by atoms with Gasteiger partial charge in [0.2, 0.25) is 10.0 Å². The molecule has 33 heavy (non-hydrogen) atoms. The Balaban J connectivity index is 1.76. The average Bonchev–Trinajstić information content (AvgIpc) is 2.81. The van der Waals surface area contributed by atoms with Gasteiger partial charge in [-0.25, -0.2) is 13.8 Å². The molecular formula is C25H26BrN3O3S.